The van der Waals surface area contributed by atoms with E-state index in [0.717, 1.165) is 16.8 Å². The topological polar surface area (TPSA) is 75.4 Å². The van der Waals surface area contributed by atoms with Gasteiger partial charge in [-0.2, -0.15) is 0 Å². The molecule has 0 fully saturated rings. The zero-order valence-corrected chi connectivity index (χ0v) is 16.5. The minimum atomic E-state index is -3.70. The highest BCUT2D eigenvalue weighted by Crippen LogP contribution is 2.25. The molecule has 8 heteroatoms. The summed E-state index contributed by atoms with van der Waals surface area (Å²) in [5.74, 6) is 0. The Morgan fingerprint density at radius 2 is 1.84 bits per heavy atom. The minimum Gasteiger partial charge on any atom is -0.345 e. The van der Waals surface area contributed by atoms with Crippen LogP contribution < -0.4 is 10.5 Å². The van der Waals surface area contributed by atoms with Crippen molar-refractivity contribution in [2.75, 3.05) is 12.4 Å². The number of rotatable bonds is 4. The van der Waals surface area contributed by atoms with Crippen molar-refractivity contribution < 1.29 is 8.42 Å². The Hall–Kier alpha value is -1.67. The number of halogens is 1. The summed E-state index contributed by atoms with van der Waals surface area (Å²) in [4.78, 5) is 1.98. The lowest BCUT2D eigenvalue weighted by Gasteiger charge is -2.28. The van der Waals surface area contributed by atoms with Crippen LogP contribution in [-0.2, 0) is 10.0 Å². The molecule has 0 aliphatic heterocycles. The summed E-state index contributed by atoms with van der Waals surface area (Å²) in [6.07, 6.45) is 0. The van der Waals surface area contributed by atoms with Crippen LogP contribution in [0.2, 0.25) is 5.02 Å². The molecule has 3 N–H and O–H groups in total. The van der Waals surface area contributed by atoms with Gasteiger partial charge in [0.2, 0.25) is 10.0 Å². The van der Waals surface area contributed by atoms with Crippen LogP contribution in [-0.4, -0.2) is 25.5 Å². The zero-order valence-electron chi connectivity index (χ0n) is 14.2. The van der Waals surface area contributed by atoms with Gasteiger partial charge in [-0.1, -0.05) is 29.8 Å². The van der Waals surface area contributed by atoms with Crippen molar-refractivity contribution in [2.45, 2.75) is 24.8 Å². The number of anilines is 1. The summed E-state index contributed by atoms with van der Waals surface area (Å²) < 4.78 is 22.7. The van der Waals surface area contributed by atoms with Crippen LogP contribution in [0.1, 0.15) is 24.1 Å². The summed E-state index contributed by atoms with van der Waals surface area (Å²) in [6, 6.07) is 12.0. The first-order chi connectivity index (χ1) is 11.6. The third-order valence-electron chi connectivity index (χ3n) is 4.10. The normalized spacial score (nSPS) is 12.5. The van der Waals surface area contributed by atoms with Gasteiger partial charge in [-0.3, -0.25) is 0 Å². The second kappa shape index (κ2) is 7.70. The molecule has 1 atom stereocenters. The molecule has 2 aromatic rings. The van der Waals surface area contributed by atoms with Crippen LogP contribution in [0, 0.1) is 6.92 Å². The maximum Gasteiger partial charge on any atom is 0.238 e. The zero-order chi connectivity index (χ0) is 18.8. The molecule has 134 valence electrons. The average molecular weight is 398 g/mol. The van der Waals surface area contributed by atoms with Gasteiger partial charge in [-0.05, 0) is 61.5 Å². The highest BCUT2D eigenvalue weighted by molar-refractivity contribution is 7.89. The maximum atomic E-state index is 11.3. The number of thiocarbonyl (C=S) groups is 1. The van der Waals surface area contributed by atoms with Crippen LogP contribution in [0.5, 0.6) is 0 Å². The van der Waals surface area contributed by atoms with Crippen molar-refractivity contribution >= 4 is 44.6 Å². The van der Waals surface area contributed by atoms with Crippen molar-refractivity contribution in [3.63, 3.8) is 0 Å². The van der Waals surface area contributed by atoms with Crippen molar-refractivity contribution in [1.82, 2.24) is 4.90 Å². The van der Waals surface area contributed by atoms with E-state index in [1.54, 1.807) is 12.1 Å². The SMILES string of the molecule is Cc1c(Cl)cccc1NC(=S)N(C)[C@H](C)c1ccc(S(N)(=O)=O)cc1. The lowest BCUT2D eigenvalue weighted by molar-refractivity contribution is 0.408. The smallest absolute Gasteiger partial charge is 0.238 e. The van der Waals surface area contributed by atoms with Crippen LogP contribution in [0.15, 0.2) is 47.4 Å². The Balaban J connectivity index is 2.14. The van der Waals surface area contributed by atoms with E-state index in [2.05, 4.69) is 5.32 Å². The number of nitrogens with two attached hydrogens (primary N) is 1. The van der Waals surface area contributed by atoms with E-state index >= 15 is 0 Å². The highest BCUT2D eigenvalue weighted by Gasteiger charge is 2.16. The molecule has 25 heavy (non-hydrogen) atoms. The molecule has 5 nitrogen and oxygen atoms in total. The van der Waals surface area contributed by atoms with Crippen molar-refractivity contribution in [3.05, 3.63) is 58.6 Å². The van der Waals surface area contributed by atoms with E-state index in [0.29, 0.717) is 10.1 Å². The summed E-state index contributed by atoms with van der Waals surface area (Å²) in [5, 5.41) is 9.52. The summed E-state index contributed by atoms with van der Waals surface area (Å²) in [5.41, 5.74) is 2.69. The second-order valence-electron chi connectivity index (χ2n) is 5.74. The molecule has 0 spiro atoms. The first kappa shape index (κ1) is 19.7. The fourth-order valence-corrected chi connectivity index (χ4v) is 3.24. The summed E-state index contributed by atoms with van der Waals surface area (Å²) >= 11 is 11.6. The fraction of sp³-hybridized carbons (Fsp3) is 0.235. The van der Waals surface area contributed by atoms with E-state index in [9.17, 15) is 8.42 Å². The Bertz CT molecular complexity index is 883. The van der Waals surface area contributed by atoms with Gasteiger partial charge >= 0.3 is 0 Å². The number of hydrogen-bond acceptors (Lipinski definition) is 3. The Morgan fingerprint density at radius 3 is 2.40 bits per heavy atom. The molecule has 0 aliphatic rings. The van der Waals surface area contributed by atoms with Gasteiger partial charge in [0.15, 0.2) is 5.11 Å². The summed E-state index contributed by atoms with van der Waals surface area (Å²) in [6.45, 7) is 3.90. The van der Waals surface area contributed by atoms with Crippen LogP contribution in [0.4, 0.5) is 5.69 Å². The van der Waals surface area contributed by atoms with Gasteiger partial charge in [0.1, 0.15) is 0 Å². The highest BCUT2D eigenvalue weighted by atomic mass is 35.5. The van der Waals surface area contributed by atoms with E-state index in [1.165, 1.54) is 12.1 Å². The second-order valence-corrected chi connectivity index (χ2v) is 8.10. The maximum absolute atomic E-state index is 11.3. The van der Waals surface area contributed by atoms with Gasteiger partial charge in [-0.25, -0.2) is 13.6 Å². The number of primary sulfonamides is 1. The molecule has 0 unspecified atom stereocenters. The molecule has 0 radical (unpaired) electrons. The van der Waals surface area contributed by atoms with Crippen LogP contribution in [0.25, 0.3) is 0 Å². The van der Waals surface area contributed by atoms with Gasteiger partial charge in [0, 0.05) is 17.8 Å². The molecule has 0 bridgehead atoms. The Morgan fingerprint density at radius 1 is 1.24 bits per heavy atom. The molecular formula is C17H20ClN3O2S2. The summed E-state index contributed by atoms with van der Waals surface area (Å²) in [7, 11) is -1.83. The van der Waals surface area contributed by atoms with Gasteiger partial charge in [0.05, 0.1) is 10.9 Å². The number of sulfonamides is 1. The predicted octanol–water partition coefficient (Wildman–Crippen LogP) is 3.69. The van der Waals surface area contributed by atoms with E-state index < -0.39 is 10.0 Å². The van der Waals surface area contributed by atoms with Crippen molar-refractivity contribution in [1.29, 1.82) is 0 Å². The molecule has 0 aliphatic carbocycles. The monoisotopic (exact) mass is 397 g/mol. The van der Waals surface area contributed by atoms with Crippen molar-refractivity contribution in [3.8, 4) is 0 Å². The average Bonchev–Trinajstić information content (AvgIpc) is 2.57. The number of nitrogens with one attached hydrogen (secondary N) is 1. The van der Waals surface area contributed by atoms with Gasteiger partial charge in [0.25, 0.3) is 0 Å². The number of nitrogens with zero attached hydrogens (tertiary/aromatic N) is 1. The largest absolute Gasteiger partial charge is 0.345 e. The number of hydrogen-bond donors (Lipinski definition) is 2. The van der Waals surface area contributed by atoms with E-state index in [-0.39, 0.29) is 10.9 Å². The molecule has 2 aromatic carbocycles. The lowest BCUT2D eigenvalue weighted by atomic mass is 10.1. The van der Waals surface area contributed by atoms with E-state index in [1.807, 2.05) is 44.0 Å². The quantitative estimate of drug-likeness (QED) is 0.769. The Kier molecular flexibility index (Phi) is 6.05. The van der Waals surface area contributed by atoms with Crippen molar-refractivity contribution in [2.24, 2.45) is 5.14 Å². The Labute approximate surface area is 158 Å². The van der Waals surface area contributed by atoms with Gasteiger partial charge < -0.3 is 10.2 Å². The molecular weight excluding hydrogens is 378 g/mol. The molecule has 0 heterocycles. The van der Waals surface area contributed by atoms with Crippen LogP contribution >= 0.6 is 23.8 Å². The first-order valence-corrected chi connectivity index (χ1v) is 9.86. The lowest BCUT2D eigenvalue weighted by Crippen LogP contribution is -2.33. The van der Waals surface area contributed by atoms with E-state index in [4.69, 9.17) is 29.0 Å². The first-order valence-electron chi connectivity index (χ1n) is 7.53. The third-order valence-corrected chi connectivity index (χ3v) is 5.83. The van der Waals surface area contributed by atoms with Crippen LogP contribution in [0.3, 0.4) is 0 Å². The van der Waals surface area contributed by atoms with Gasteiger partial charge in [-0.15, -0.1) is 0 Å². The molecule has 0 saturated carbocycles. The molecule has 2 rings (SSSR count). The molecule has 0 saturated heterocycles. The number of benzene rings is 2. The molecule has 0 aromatic heterocycles. The fourth-order valence-electron chi connectivity index (χ4n) is 2.28. The third kappa shape index (κ3) is 4.70. The molecule has 0 amide bonds. The minimum absolute atomic E-state index is 0.0611. The predicted molar refractivity (Wildman–Crippen MR) is 106 cm³/mol. The standard InChI is InChI=1S/C17H20ClN3O2S2/c1-11-15(18)5-4-6-16(11)20-17(24)21(3)12(2)13-7-9-14(10-8-13)25(19,22)23/h4-10,12H,1-3H3,(H,20,24)(H2,19,22,23)/t12-/m1/s1.